The van der Waals surface area contributed by atoms with Crippen molar-refractivity contribution in [3.8, 4) is 0 Å². The van der Waals surface area contributed by atoms with E-state index < -0.39 is 37.3 Å². The number of benzene rings is 1. The molecular weight excluding hydrogens is 410 g/mol. The van der Waals surface area contributed by atoms with Crippen LogP contribution in [0.4, 0.5) is 0 Å². The van der Waals surface area contributed by atoms with Gasteiger partial charge in [-0.25, -0.2) is 0 Å². The van der Waals surface area contributed by atoms with Crippen molar-refractivity contribution in [3.63, 3.8) is 0 Å². The van der Waals surface area contributed by atoms with Crippen LogP contribution in [0.3, 0.4) is 0 Å². The van der Waals surface area contributed by atoms with Crippen LogP contribution in [-0.4, -0.2) is 47.2 Å². The predicted molar refractivity (Wildman–Crippen MR) is 116 cm³/mol. The number of aliphatic hydroxyl groups is 1. The first-order valence-corrected chi connectivity index (χ1v) is 13.9. The number of nitrogens with zero attached hydrogens (tertiary/aromatic N) is 3. The fourth-order valence-corrected chi connectivity index (χ4v) is 4.73. The Balaban J connectivity index is 2.99. The Bertz CT molecular complexity index is 815. The van der Waals surface area contributed by atoms with E-state index in [9.17, 15) is 13.5 Å². The van der Waals surface area contributed by atoms with E-state index >= 15 is 0 Å². The number of hydrogen-bond acceptors (Lipinski definition) is 6. The first kappa shape index (κ1) is 25.6. The summed E-state index contributed by atoms with van der Waals surface area (Å²) in [4.78, 5) is 2.79. The van der Waals surface area contributed by atoms with Crippen LogP contribution in [0.5, 0.6) is 0 Å². The van der Waals surface area contributed by atoms with Gasteiger partial charge in [0.15, 0.2) is 8.32 Å². The minimum absolute atomic E-state index is 0.0271. The van der Waals surface area contributed by atoms with Crippen LogP contribution < -0.4 is 0 Å². The molecule has 0 saturated carbocycles. The monoisotopic (exact) mass is 443 g/mol. The fourth-order valence-electron chi connectivity index (χ4n) is 2.39. The zero-order valence-electron chi connectivity index (χ0n) is 18.3. The standard InChI is InChI=1S/C19H33N3O5SSi/c1-14-8-10-16(11-9-14)28(24,25)26-13-17(23)18(15(2)12-21-22-20)27-29(6,7)19(3,4)5/h8-11,15,17-18,23H,12-13H2,1-7H3/t15-,17+,18-/m0/s1. The SMILES string of the molecule is Cc1ccc(S(=O)(=O)OC[C@@H](O)[C@@H](O[Si](C)(C)C(C)(C)C)[C@@H](C)CN=[N+]=[N-])cc1. The molecule has 0 radical (unpaired) electrons. The summed E-state index contributed by atoms with van der Waals surface area (Å²) in [7, 11) is -6.28. The van der Waals surface area contributed by atoms with Gasteiger partial charge in [0.2, 0.25) is 0 Å². The van der Waals surface area contributed by atoms with Gasteiger partial charge >= 0.3 is 0 Å². The van der Waals surface area contributed by atoms with Crippen molar-refractivity contribution in [2.45, 2.75) is 69.9 Å². The zero-order chi connectivity index (χ0) is 22.5. The maximum Gasteiger partial charge on any atom is 0.297 e. The summed E-state index contributed by atoms with van der Waals surface area (Å²) in [6.45, 7) is 13.6. The molecule has 10 heteroatoms. The lowest BCUT2D eigenvalue weighted by Crippen LogP contribution is -2.50. The number of azide groups is 1. The molecule has 0 heterocycles. The minimum Gasteiger partial charge on any atom is -0.411 e. The summed E-state index contributed by atoms with van der Waals surface area (Å²) in [6, 6.07) is 6.28. The molecule has 0 amide bonds. The molecule has 0 fully saturated rings. The van der Waals surface area contributed by atoms with Crippen molar-refractivity contribution in [3.05, 3.63) is 40.3 Å². The summed E-state index contributed by atoms with van der Waals surface area (Å²) in [5.74, 6) is -0.319. The van der Waals surface area contributed by atoms with Crippen LogP contribution in [0, 0.1) is 12.8 Å². The van der Waals surface area contributed by atoms with Crippen molar-refractivity contribution in [2.75, 3.05) is 13.2 Å². The van der Waals surface area contributed by atoms with Crippen LogP contribution >= 0.6 is 0 Å². The molecule has 0 unspecified atom stereocenters. The van der Waals surface area contributed by atoms with Gasteiger partial charge in [-0.3, -0.25) is 4.18 Å². The Hall–Kier alpha value is -1.42. The number of hydrogen-bond donors (Lipinski definition) is 1. The third-order valence-corrected chi connectivity index (χ3v) is 11.1. The Kier molecular flexibility index (Phi) is 8.88. The lowest BCUT2D eigenvalue weighted by Gasteiger charge is -2.42. The number of aryl methyl sites for hydroxylation is 1. The molecule has 0 saturated heterocycles. The lowest BCUT2D eigenvalue weighted by molar-refractivity contribution is -0.0235. The Morgan fingerprint density at radius 1 is 1.24 bits per heavy atom. The van der Waals surface area contributed by atoms with Gasteiger partial charge in [-0.2, -0.15) is 8.42 Å². The first-order valence-electron chi connectivity index (χ1n) is 9.54. The van der Waals surface area contributed by atoms with Gasteiger partial charge in [0.25, 0.3) is 10.1 Å². The highest BCUT2D eigenvalue weighted by molar-refractivity contribution is 7.86. The Morgan fingerprint density at radius 3 is 2.28 bits per heavy atom. The highest BCUT2D eigenvalue weighted by Crippen LogP contribution is 2.38. The third-order valence-electron chi connectivity index (χ3n) is 5.31. The van der Waals surface area contributed by atoms with Gasteiger partial charge in [-0.1, -0.05) is 50.5 Å². The quantitative estimate of drug-likeness (QED) is 0.189. The largest absolute Gasteiger partial charge is 0.411 e. The second kappa shape index (κ2) is 10.1. The van der Waals surface area contributed by atoms with E-state index in [4.69, 9.17) is 14.1 Å². The summed E-state index contributed by atoms with van der Waals surface area (Å²) < 4.78 is 36.3. The van der Waals surface area contributed by atoms with E-state index in [0.717, 1.165) is 5.56 Å². The van der Waals surface area contributed by atoms with E-state index in [-0.39, 0.29) is 22.4 Å². The minimum atomic E-state index is -4.01. The molecule has 1 aromatic carbocycles. The van der Waals surface area contributed by atoms with Crippen molar-refractivity contribution in [1.29, 1.82) is 0 Å². The summed E-state index contributed by atoms with van der Waals surface area (Å²) in [6.07, 6.45) is -1.93. The van der Waals surface area contributed by atoms with Gasteiger partial charge < -0.3 is 9.53 Å². The van der Waals surface area contributed by atoms with E-state index in [0.29, 0.717) is 0 Å². The van der Waals surface area contributed by atoms with Crippen molar-refractivity contribution in [1.82, 2.24) is 0 Å². The van der Waals surface area contributed by atoms with Gasteiger partial charge in [0.05, 0.1) is 17.6 Å². The molecule has 3 atom stereocenters. The van der Waals surface area contributed by atoms with Gasteiger partial charge in [0, 0.05) is 11.5 Å². The third kappa shape index (κ3) is 7.40. The van der Waals surface area contributed by atoms with Gasteiger partial charge in [-0.05, 0) is 48.6 Å². The molecule has 0 aromatic heterocycles. The van der Waals surface area contributed by atoms with Crippen molar-refractivity contribution >= 4 is 18.4 Å². The molecule has 0 aliphatic carbocycles. The molecule has 1 aromatic rings. The van der Waals surface area contributed by atoms with Crippen LogP contribution in [0.25, 0.3) is 10.4 Å². The second-order valence-corrected chi connectivity index (χ2v) is 15.2. The predicted octanol–water partition coefficient (Wildman–Crippen LogP) is 4.40. The molecule has 0 aliphatic heterocycles. The van der Waals surface area contributed by atoms with E-state index in [1.807, 2.05) is 20.0 Å². The van der Waals surface area contributed by atoms with Gasteiger partial charge in [-0.15, -0.1) is 0 Å². The molecule has 1 rings (SSSR count). The number of aliphatic hydroxyl groups excluding tert-OH is 1. The molecule has 29 heavy (non-hydrogen) atoms. The van der Waals surface area contributed by atoms with Crippen molar-refractivity contribution in [2.24, 2.45) is 11.0 Å². The molecule has 8 nitrogen and oxygen atoms in total. The van der Waals surface area contributed by atoms with E-state index in [2.05, 4.69) is 30.8 Å². The van der Waals surface area contributed by atoms with Crippen LogP contribution in [0.15, 0.2) is 34.3 Å². The Morgan fingerprint density at radius 2 is 1.79 bits per heavy atom. The molecule has 0 spiro atoms. The van der Waals surface area contributed by atoms with E-state index in [1.54, 1.807) is 19.1 Å². The average molecular weight is 444 g/mol. The van der Waals surface area contributed by atoms with Crippen LogP contribution in [0.1, 0.15) is 33.3 Å². The zero-order valence-corrected chi connectivity index (χ0v) is 20.1. The fraction of sp³-hybridized carbons (Fsp3) is 0.684. The highest BCUT2D eigenvalue weighted by Gasteiger charge is 2.42. The molecule has 0 bridgehead atoms. The molecule has 164 valence electrons. The maximum absolute atomic E-state index is 12.4. The topological polar surface area (TPSA) is 122 Å². The number of rotatable bonds is 10. The first-order chi connectivity index (χ1) is 13.2. The lowest BCUT2D eigenvalue weighted by atomic mass is 10.0. The van der Waals surface area contributed by atoms with Crippen LogP contribution in [-0.2, 0) is 18.7 Å². The summed E-state index contributed by atoms with van der Waals surface area (Å²) >= 11 is 0. The maximum atomic E-state index is 12.4. The smallest absolute Gasteiger partial charge is 0.297 e. The Labute approximate surface area is 175 Å². The normalized spacial score (nSPS) is 16.0. The summed E-state index contributed by atoms with van der Waals surface area (Å²) in [5.41, 5.74) is 9.54. The highest BCUT2D eigenvalue weighted by atomic mass is 32.2. The molecule has 0 aliphatic rings. The molecule has 1 N–H and O–H groups in total. The molecular formula is C19H33N3O5SSi. The van der Waals surface area contributed by atoms with Gasteiger partial charge in [0.1, 0.15) is 6.10 Å². The van der Waals surface area contributed by atoms with Crippen molar-refractivity contribution < 1.29 is 22.1 Å². The van der Waals surface area contributed by atoms with Crippen LogP contribution in [0.2, 0.25) is 18.1 Å². The average Bonchev–Trinajstić information content (AvgIpc) is 2.61. The summed E-state index contributed by atoms with van der Waals surface area (Å²) in [5, 5.41) is 14.2. The van der Waals surface area contributed by atoms with E-state index in [1.165, 1.54) is 12.1 Å². The second-order valence-electron chi connectivity index (χ2n) is 8.85.